The lowest BCUT2D eigenvalue weighted by molar-refractivity contribution is -0.137. The Kier molecular flexibility index (Phi) is 4.42. The van der Waals surface area contributed by atoms with Crippen LogP contribution in [0.1, 0.15) is 27.9 Å². The van der Waals surface area contributed by atoms with Gasteiger partial charge < -0.3 is 5.32 Å². The maximum Gasteiger partial charge on any atom is 0.260 e. The first-order chi connectivity index (χ1) is 11.6. The second kappa shape index (κ2) is 6.51. The maximum atomic E-state index is 13.8. The summed E-state index contributed by atoms with van der Waals surface area (Å²) in [5.41, 5.74) is -0.573. The van der Waals surface area contributed by atoms with E-state index in [1.165, 1.54) is 6.07 Å². The lowest BCUT2D eigenvalue weighted by atomic mass is 9.70. The fourth-order valence-electron chi connectivity index (χ4n) is 3.11. The largest absolute Gasteiger partial charge is 0.351 e. The molecule has 124 valence electrons. The van der Waals surface area contributed by atoms with E-state index in [2.05, 4.69) is 5.32 Å². The minimum atomic E-state index is -3.05. The number of rotatable bonds is 4. The normalized spacial score (nSPS) is 19.9. The Balaban J connectivity index is 1.87. The van der Waals surface area contributed by atoms with Gasteiger partial charge >= 0.3 is 0 Å². The zero-order chi connectivity index (χ0) is 17.2. The summed E-state index contributed by atoms with van der Waals surface area (Å²) >= 11 is 0. The van der Waals surface area contributed by atoms with E-state index >= 15 is 0 Å². The van der Waals surface area contributed by atoms with Crippen molar-refractivity contribution in [1.29, 1.82) is 0 Å². The van der Waals surface area contributed by atoms with Gasteiger partial charge in [-0.05, 0) is 24.0 Å². The standard InChI is InChI=1S/C19H17F2NO2/c20-17(21)19(18(24)22-12-13-6-2-1-3-7-13)11-10-14-8-4-5-9-15(14)16(19)23/h1-9,17H,10-12H2,(H,22,24). The van der Waals surface area contributed by atoms with Gasteiger partial charge in [-0.3, -0.25) is 9.59 Å². The summed E-state index contributed by atoms with van der Waals surface area (Å²) in [4.78, 5) is 25.2. The van der Waals surface area contributed by atoms with Crippen LogP contribution < -0.4 is 5.32 Å². The molecular formula is C19H17F2NO2. The molecule has 1 aliphatic rings. The van der Waals surface area contributed by atoms with Crippen LogP contribution >= 0.6 is 0 Å². The highest BCUT2D eigenvalue weighted by Gasteiger charge is 2.55. The van der Waals surface area contributed by atoms with E-state index in [0.29, 0.717) is 0 Å². The maximum absolute atomic E-state index is 13.8. The number of benzene rings is 2. The minimum absolute atomic E-state index is 0.114. The molecule has 24 heavy (non-hydrogen) atoms. The molecule has 0 fully saturated rings. The Hall–Kier alpha value is -2.56. The van der Waals surface area contributed by atoms with Crippen LogP contribution in [0.5, 0.6) is 0 Å². The van der Waals surface area contributed by atoms with Crippen molar-refractivity contribution in [3.05, 3.63) is 71.3 Å². The summed E-state index contributed by atoms with van der Waals surface area (Å²) in [6.07, 6.45) is -2.94. The minimum Gasteiger partial charge on any atom is -0.351 e. The van der Waals surface area contributed by atoms with Crippen LogP contribution in [0.3, 0.4) is 0 Å². The van der Waals surface area contributed by atoms with Crippen molar-refractivity contribution in [1.82, 2.24) is 5.32 Å². The van der Waals surface area contributed by atoms with Crippen molar-refractivity contribution in [2.45, 2.75) is 25.8 Å². The van der Waals surface area contributed by atoms with Crippen molar-refractivity contribution >= 4 is 11.7 Å². The number of amides is 1. The molecule has 0 heterocycles. The first kappa shape index (κ1) is 16.3. The van der Waals surface area contributed by atoms with Crippen LogP contribution in [0.2, 0.25) is 0 Å². The van der Waals surface area contributed by atoms with E-state index < -0.39 is 23.5 Å². The average Bonchev–Trinajstić information content (AvgIpc) is 2.61. The monoisotopic (exact) mass is 329 g/mol. The van der Waals surface area contributed by atoms with Gasteiger partial charge in [0.2, 0.25) is 5.91 Å². The van der Waals surface area contributed by atoms with Crippen LogP contribution in [0.25, 0.3) is 0 Å². The molecule has 1 N–H and O–H groups in total. The van der Waals surface area contributed by atoms with Crippen molar-refractivity contribution in [2.24, 2.45) is 5.41 Å². The van der Waals surface area contributed by atoms with Gasteiger partial charge in [-0.1, -0.05) is 54.6 Å². The van der Waals surface area contributed by atoms with E-state index in [9.17, 15) is 18.4 Å². The molecule has 1 atom stereocenters. The number of hydrogen-bond donors (Lipinski definition) is 1. The average molecular weight is 329 g/mol. The second-order valence-electron chi connectivity index (χ2n) is 5.93. The number of halogens is 2. The number of carbonyl (C=O) groups is 2. The first-order valence-electron chi connectivity index (χ1n) is 7.79. The van der Waals surface area contributed by atoms with Crippen LogP contribution in [-0.4, -0.2) is 18.1 Å². The van der Waals surface area contributed by atoms with Gasteiger partial charge in [0.1, 0.15) is 0 Å². The molecule has 0 aromatic heterocycles. The first-order valence-corrected chi connectivity index (χ1v) is 7.79. The predicted octanol–water partition coefficient (Wildman–Crippen LogP) is 3.38. The lowest BCUT2D eigenvalue weighted by Crippen LogP contribution is -2.53. The number of alkyl halides is 2. The van der Waals surface area contributed by atoms with E-state index in [4.69, 9.17) is 0 Å². The molecule has 0 aliphatic heterocycles. The Morgan fingerprint density at radius 2 is 1.75 bits per heavy atom. The Morgan fingerprint density at radius 1 is 1.08 bits per heavy atom. The lowest BCUT2D eigenvalue weighted by Gasteiger charge is -2.34. The summed E-state index contributed by atoms with van der Waals surface area (Å²) in [6.45, 7) is 0.114. The summed E-state index contributed by atoms with van der Waals surface area (Å²) in [6, 6.07) is 15.6. The molecule has 1 unspecified atom stereocenters. The van der Waals surface area contributed by atoms with E-state index in [-0.39, 0.29) is 24.9 Å². The Labute approximate surface area is 138 Å². The van der Waals surface area contributed by atoms with Gasteiger partial charge in [0.05, 0.1) is 0 Å². The second-order valence-corrected chi connectivity index (χ2v) is 5.93. The molecule has 1 amide bonds. The van der Waals surface area contributed by atoms with E-state index in [0.717, 1.165) is 11.1 Å². The van der Waals surface area contributed by atoms with Gasteiger partial charge in [-0.2, -0.15) is 0 Å². The summed E-state index contributed by atoms with van der Waals surface area (Å²) < 4.78 is 27.6. The zero-order valence-corrected chi connectivity index (χ0v) is 13.0. The van der Waals surface area contributed by atoms with Gasteiger partial charge in [0, 0.05) is 12.1 Å². The van der Waals surface area contributed by atoms with Gasteiger partial charge in [0.25, 0.3) is 6.43 Å². The molecule has 3 nitrogen and oxygen atoms in total. The molecule has 0 spiro atoms. The third-order valence-electron chi connectivity index (χ3n) is 4.53. The molecule has 5 heteroatoms. The van der Waals surface area contributed by atoms with Crippen LogP contribution in [-0.2, 0) is 17.8 Å². The quantitative estimate of drug-likeness (QED) is 0.874. The number of nitrogens with one attached hydrogen (secondary N) is 1. The molecular weight excluding hydrogens is 312 g/mol. The molecule has 0 saturated heterocycles. The summed E-state index contributed by atoms with van der Waals surface area (Å²) in [7, 11) is 0. The van der Waals surface area contributed by atoms with E-state index in [1.807, 2.05) is 6.07 Å². The number of hydrogen-bond acceptors (Lipinski definition) is 2. The van der Waals surface area contributed by atoms with Crippen molar-refractivity contribution in [3.8, 4) is 0 Å². The highest BCUT2D eigenvalue weighted by molar-refractivity contribution is 6.15. The predicted molar refractivity (Wildman–Crippen MR) is 85.8 cm³/mol. The third kappa shape index (κ3) is 2.70. The fourth-order valence-corrected chi connectivity index (χ4v) is 3.11. The fraction of sp³-hybridized carbons (Fsp3) is 0.263. The number of Topliss-reactive ketones (excluding diaryl/α,β-unsaturated/α-hetero) is 1. The summed E-state index contributed by atoms with van der Waals surface area (Å²) in [5, 5.41) is 2.51. The molecule has 2 aromatic carbocycles. The smallest absolute Gasteiger partial charge is 0.260 e. The van der Waals surface area contributed by atoms with Gasteiger partial charge in [0.15, 0.2) is 11.2 Å². The van der Waals surface area contributed by atoms with Crippen LogP contribution in [0, 0.1) is 5.41 Å². The zero-order valence-electron chi connectivity index (χ0n) is 13.0. The van der Waals surface area contributed by atoms with Crippen molar-refractivity contribution in [3.63, 3.8) is 0 Å². The number of ketones is 1. The highest BCUT2D eigenvalue weighted by Crippen LogP contribution is 2.40. The molecule has 0 saturated carbocycles. The molecule has 0 bridgehead atoms. The number of fused-ring (bicyclic) bond motifs is 1. The molecule has 3 rings (SSSR count). The van der Waals surface area contributed by atoms with Gasteiger partial charge in [-0.15, -0.1) is 0 Å². The Bertz CT molecular complexity index is 761. The van der Waals surface area contributed by atoms with Crippen LogP contribution in [0.15, 0.2) is 54.6 Å². The molecule has 0 radical (unpaired) electrons. The number of aryl methyl sites for hydroxylation is 1. The summed E-state index contributed by atoms with van der Waals surface area (Å²) in [5.74, 6) is -1.69. The van der Waals surface area contributed by atoms with Crippen LogP contribution in [0.4, 0.5) is 8.78 Å². The highest BCUT2D eigenvalue weighted by atomic mass is 19.3. The molecule has 2 aromatic rings. The third-order valence-corrected chi connectivity index (χ3v) is 4.53. The molecule has 1 aliphatic carbocycles. The van der Waals surface area contributed by atoms with Crippen molar-refractivity contribution in [2.75, 3.05) is 0 Å². The Morgan fingerprint density at radius 3 is 2.46 bits per heavy atom. The topological polar surface area (TPSA) is 46.2 Å². The van der Waals surface area contributed by atoms with Crippen molar-refractivity contribution < 1.29 is 18.4 Å². The number of carbonyl (C=O) groups excluding carboxylic acids is 2. The van der Waals surface area contributed by atoms with Gasteiger partial charge in [-0.25, -0.2) is 8.78 Å². The SMILES string of the molecule is O=C(NCc1ccccc1)C1(C(F)F)CCc2ccccc2C1=O. The van der Waals surface area contributed by atoms with E-state index in [1.54, 1.807) is 42.5 Å².